The Labute approximate surface area is 131 Å². The van der Waals surface area contributed by atoms with Crippen LogP contribution in [-0.2, 0) is 0 Å². The topological polar surface area (TPSA) is 35.5 Å². The molecule has 0 N–H and O–H groups in total. The first-order chi connectivity index (χ1) is 11.0. The average molecular weight is 322 g/mol. The van der Waals surface area contributed by atoms with Gasteiger partial charge in [0.05, 0.1) is 12.7 Å². The largest absolute Gasteiger partial charge is 0.497 e. The summed E-state index contributed by atoms with van der Waals surface area (Å²) in [7, 11) is 1.39. The van der Waals surface area contributed by atoms with Gasteiger partial charge in [0.1, 0.15) is 17.3 Å². The van der Waals surface area contributed by atoms with Crippen molar-refractivity contribution in [1.29, 1.82) is 0 Å². The lowest BCUT2D eigenvalue weighted by molar-refractivity contribution is -0.0499. The monoisotopic (exact) mass is 322 g/mol. The highest BCUT2D eigenvalue weighted by molar-refractivity contribution is 6.07. The SMILES string of the molecule is COc1ccc(C(=O)/C=C/c2ccccc2OC(F)F)c(F)c1. The summed E-state index contributed by atoms with van der Waals surface area (Å²) in [5.41, 5.74) is 0.143. The van der Waals surface area contributed by atoms with Crippen LogP contribution in [-0.4, -0.2) is 19.5 Å². The fourth-order valence-corrected chi connectivity index (χ4v) is 1.90. The Morgan fingerprint density at radius 2 is 1.91 bits per heavy atom. The molecule has 3 nitrogen and oxygen atoms in total. The van der Waals surface area contributed by atoms with E-state index in [2.05, 4.69) is 4.74 Å². The normalized spacial score (nSPS) is 11.0. The van der Waals surface area contributed by atoms with Gasteiger partial charge in [0.15, 0.2) is 5.78 Å². The van der Waals surface area contributed by atoms with Gasteiger partial charge in [-0.1, -0.05) is 18.2 Å². The Kier molecular flexibility index (Phi) is 5.41. The van der Waals surface area contributed by atoms with Crippen molar-refractivity contribution in [1.82, 2.24) is 0 Å². The molecule has 120 valence electrons. The van der Waals surface area contributed by atoms with Crippen LogP contribution in [0.3, 0.4) is 0 Å². The lowest BCUT2D eigenvalue weighted by Crippen LogP contribution is -2.03. The number of carbonyl (C=O) groups excluding carboxylic acids is 1. The van der Waals surface area contributed by atoms with Gasteiger partial charge in [-0.05, 0) is 30.4 Å². The van der Waals surface area contributed by atoms with E-state index in [0.717, 1.165) is 12.1 Å². The zero-order valence-corrected chi connectivity index (χ0v) is 12.1. The molecule has 23 heavy (non-hydrogen) atoms. The number of rotatable bonds is 6. The van der Waals surface area contributed by atoms with Crippen molar-refractivity contribution >= 4 is 11.9 Å². The number of hydrogen-bond acceptors (Lipinski definition) is 3. The number of alkyl halides is 2. The standard InChI is InChI=1S/C17H13F3O3/c1-22-12-7-8-13(14(18)10-12)15(21)9-6-11-4-2-3-5-16(11)23-17(19)20/h2-10,17H,1H3/b9-6+. The number of benzene rings is 2. The summed E-state index contributed by atoms with van der Waals surface area (Å²) in [5.74, 6) is -1.10. The maximum absolute atomic E-state index is 13.8. The van der Waals surface area contributed by atoms with E-state index in [0.29, 0.717) is 5.75 Å². The molecule has 0 aliphatic rings. The second-order valence-electron chi connectivity index (χ2n) is 4.46. The molecule has 0 heterocycles. The molecular formula is C17H13F3O3. The van der Waals surface area contributed by atoms with Crippen molar-refractivity contribution in [2.75, 3.05) is 7.11 Å². The van der Waals surface area contributed by atoms with Crippen LogP contribution in [0.2, 0.25) is 0 Å². The Morgan fingerprint density at radius 3 is 2.57 bits per heavy atom. The summed E-state index contributed by atoms with van der Waals surface area (Å²) >= 11 is 0. The van der Waals surface area contributed by atoms with Crippen LogP contribution in [0.25, 0.3) is 6.08 Å². The van der Waals surface area contributed by atoms with Gasteiger partial charge >= 0.3 is 6.61 Å². The highest BCUT2D eigenvalue weighted by Crippen LogP contribution is 2.22. The first-order valence-electron chi connectivity index (χ1n) is 6.61. The van der Waals surface area contributed by atoms with Crippen molar-refractivity contribution in [3.8, 4) is 11.5 Å². The third-order valence-electron chi connectivity index (χ3n) is 2.99. The molecule has 2 aromatic carbocycles. The summed E-state index contributed by atoms with van der Waals surface area (Å²) < 4.78 is 47.6. The van der Waals surface area contributed by atoms with E-state index in [9.17, 15) is 18.0 Å². The average Bonchev–Trinajstić information content (AvgIpc) is 2.53. The van der Waals surface area contributed by atoms with Crippen LogP contribution in [0.15, 0.2) is 48.5 Å². The maximum atomic E-state index is 13.8. The number of halogens is 3. The minimum atomic E-state index is -2.97. The first kappa shape index (κ1) is 16.6. The van der Waals surface area contributed by atoms with Gasteiger partial charge in [-0.2, -0.15) is 8.78 Å². The summed E-state index contributed by atoms with van der Waals surface area (Å²) in [6.45, 7) is -2.97. The van der Waals surface area contributed by atoms with E-state index in [1.165, 1.54) is 43.5 Å². The molecule has 2 aromatic rings. The molecule has 0 aromatic heterocycles. The molecule has 0 spiro atoms. The Hall–Kier alpha value is -2.76. The lowest BCUT2D eigenvalue weighted by Gasteiger charge is -2.07. The molecule has 0 aliphatic carbocycles. The fourth-order valence-electron chi connectivity index (χ4n) is 1.90. The molecule has 0 fully saturated rings. The Bertz CT molecular complexity index is 727. The molecule has 0 atom stereocenters. The van der Waals surface area contributed by atoms with E-state index in [4.69, 9.17) is 4.74 Å². The maximum Gasteiger partial charge on any atom is 0.387 e. The number of ether oxygens (including phenoxy) is 2. The van der Waals surface area contributed by atoms with Crippen LogP contribution in [0, 0.1) is 5.82 Å². The summed E-state index contributed by atoms with van der Waals surface area (Å²) in [5, 5.41) is 0. The number of para-hydroxylation sites is 1. The van der Waals surface area contributed by atoms with Crippen LogP contribution in [0.1, 0.15) is 15.9 Å². The molecule has 0 saturated heterocycles. The van der Waals surface area contributed by atoms with E-state index in [1.807, 2.05) is 0 Å². The quantitative estimate of drug-likeness (QED) is 0.586. The van der Waals surface area contributed by atoms with E-state index in [-0.39, 0.29) is 16.9 Å². The Balaban J connectivity index is 2.22. The minimum Gasteiger partial charge on any atom is -0.497 e. The molecule has 0 unspecified atom stereocenters. The number of carbonyl (C=O) groups is 1. The summed E-state index contributed by atoms with van der Waals surface area (Å²) in [4.78, 5) is 12.0. The van der Waals surface area contributed by atoms with Crippen LogP contribution < -0.4 is 9.47 Å². The third kappa shape index (κ3) is 4.35. The van der Waals surface area contributed by atoms with Gasteiger partial charge in [-0.3, -0.25) is 4.79 Å². The van der Waals surface area contributed by atoms with E-state index in [1.54, 1.807) is 6.07 Å². The second kappa shape index (κ2) is 7.49. The number of hydrogen-bond donors (Lipinski definition) is 0. The summed E-state index contributed by atoms with van der Waals surface area (Å²) in [6, 6.07) is 9.84. The molecule has 0 aliphatic heterocycles. The van der Waals surface area contributed by atoms with E-state index >= 15 is 0 Å². The van der Waals surface area contributed by atoms with Crippen LogP contribution >= 0.6 is 0 Å². The zero-order chi connectivity index (χ0) is 16.8. The van der Waals surface area contributed by atoms with Crippen molar-refractivity contribution < 1.29 is 27.4 Å². The van der Waals surface area contributed by atoms with Crippen molar-refractivity contribution in [2.24, 2.45) is 0 Å². The molecule has 0 saturated carbocycles. The summed E-state index contributed by atoms with van der Waals surface area (Å²) in [6.07, 6.45) is 2.39. The predicted molar refractivity (Wildman–Crippen MR) is 79.4 cm³/mol. The second-order valence-corrected chi connectivity index (χ2v) is 4.46. The Morgan fingerprint density at radius 1 is 1.17 bits per heavy atom. The van der Waals surface area contributed by atoms with E-state index < -0.39 is 18.2 Å². The van der Waals surface area contributed by atoms with Gasteiger partial charge in [0.25, 0.3) is 0 Å². The predicted octanol–water partition coefficient (Wildman–Crippen LogP) is 4.33. The number of allylic oxidation sites excluding steroid dienone is 1. The molecule has 6 heteroatoms. The van der Waals surface area contributed by atoms with Crippen LogP contribution in [0.5, 0.6) is 11.5 Å². The van der Waals surface area contributed by atoms with Gasteiger partial charge in [0.2, 0.25) is 0 Å². The molecule has 0 amide bonds. The fraction of sp³-hybridized carbons (Fsp3) is 0.118. The van der Waals surface area contributed by atoms with Crippen molar-refractivity contribution in [3.05, 3.63) is 65.5 Å². The molecule has 0 radical (unpaired) electrons. The lowest BCUT2D eigenvalue weighted by atomic mass is 10.1. The highest BCUT2D eigenvalue weighted by atomic mass is 19.3. The highest BCUT2D eigenvalue weighted by Gasteiger charge is 2.11. The minimum absolute atomic E-state index is 0.0678. The smallest absolute Gasteiger partial charge is 0.387 e. The van der Waals surface area contributed by atoms with Gasteiger partial charge in [-0.15, -0.1) is 0 Å². The van der Waals surface area contributed by atoms with Gasteiger partial charge < -0.3 is 9.47 Å². The van der Waals surface area contributed by atoms with Crippen LogP contribution in [0.4, 0.5) is 13.2 Å². The van der Waals surface area contributed by atoms with Gasteiger partial charge in [-0.25, -0.2) is 4.39 Å². The van der Waals surface area contributed by atoms with Crippen molar-refractivity contribution in [3.63, 3.8) is 0 Å². The van der Waals surface area contributed by atoms with Gasteiger partial charge in [0, 0.05) is 11.6 Å². The first-order valence-corrected chi connectivity index (χ1v) is 6.61. The molecular weight excluding hydrogens is 309 g/mol. The molecule has 0 bridgehead atoms. The molecule has 2 rings (SSSR count). The zero-order valence-electron chi connectivity index (χ0n) is 12.1. The number of ketones is 1. The number of methoxy groups -OCH3 is 1. The van der Waals surface area contributed by atoms with Crippen molar-refractivity contribution in [2.45, 2.75) is 6.61 Å². The third-order valence-corrected chi connectivity index (χ3v) is 2.99.